The molecule has 0 saturated heterocycles. The molecule has 1 rings (SSSR count). The highest BCUT2D eigenvalue weighted by Gasteiger charge is 2.31. The molecule has 15 heavy (non-hydrogen) atoms. The lowest BCUT2D eigenvalue weighted by molar-refractivity contribution is -0.119. The molecule has 0 spiro atoms. The summed E-state index contributed by atoms with van der Waals surface area (Å²) in [5.41, 5.74) is 0.798. The number of carbonyl (C=O) groups excluding carboxylic acids is 2. The van der Waals surface area contributed by atoms with Gasteiger partial charge in [-0.15, -0.1) is 0 Å². The van der Waals surface area contributed by atoms with Crippen LogP contribution < -0.4 is 0 Å². The molecular formula is C11H14O4. The number of ether oxygens (including phenoxy) is 1. The van der Waals surface area contributed by atoms with Crippen molar-refractivity contribution in [1.82, 2.24) is 0 Å². The number of ketones is 2. The fourth-order valence-corrected chi connectivity index (χ4v) is 1.63. The van der Waals surface area contributed by atoms with Gasteiger partial charge in [0.1, 0.15) is 0 Å². The molecule has 0 unspecified atom stereocenters. The van der Waals surface area contributed by atoms with Crippen LogP contribution >= 0.6 is 0 Å². The molecule has 82 valence electrons. The first kappa shape index (κ1) is 11.7. The maximum atomic E-state index is 11.8. The van der Waals surface area contributed by atoms with Gasteiger partial charge in [-0.3, -0.25) is 9.59 Å². The molecule has 0 aliphatic heterocycles. The summed E-state index contributed by atoms with van der Waals surface area (Å²) in [4.78, 5) is 23.5. The Labute approximate surface area is 88.2 Å². The molecule has 0 aromatic carbocycles. The first-order valence-electron chi connectivity index (χ1n) is 4.75. The van der Waals surface area contributed by atoms with E-state index in [2.05, 4.69) is 0 Å². The third-order valence-corrected chi connectivity index (χ3v) is 2.54. The van der Waals surface area contributed by atoms with Gasteiger partial charge >= 0.3 is 0 Å². The van der Waals surface area contributed by atoms with Gasteiger partial charge in [0, 0.05) is 16.7 Å². The lowest BCUT2D eigenvalue weighted by atomic mass is 9.88. The highest BCUT2D eigenvalue weighted by Crippen LogP contribution is 2.26. The summed E-state index contributed by atoms with van der Waals surface area (Å²) in [5, 5.41) is 9.03. The zero-order valence-electron chi connectivity index (χ0n) is 9.09. The minimum atomic E-state index is -0.406. The number of hydrogen-bond acceptors (Lipinski definition) is 4. The Morgan fingerprint density at radius 3 is 2.20 bits per heavy atom. The van der Waals surface area contributed by atoms with Crippen LogP contribution in [0.3, 0.4) is 0 Å². The fraction of sp³-hybridized carbons (Fsp3) is 0.455. The minimum absolute atomic E-state index is 0.109. The van der Waals surface area contributed by atoms with E-state index < -0.39 is 6.61 Å². The van der Waals surface area contributed by atoms with Crippen LogP contribution in [0.4, 0.5) is 0 Å². The van der Waals surface area contributed by atoms with Crippen molar-refractivity contribution in [1.29, 1.82) is 0 Å². The van der Waals surface area contributed by atoms with E-state index in [-0.39, 0.29) is 28.5 Å². The molecule has 0 amide bonds. The summed E-state index contributed by atoms with van der Waals surface area (Å²) < 4.78 is 4.93. The zero-order chi connectivity index (χ0) is 11.6. The van der Waals surface area contributed by atoms with Crippen molar-refractivity contribution in [2.75, 3.05) is 13.7 Å². The standard InChI is InChI=1S/C11H14O4/c1-4-7-10(14)8(5-12)6(2)9(13)11(7)15-3/h12H,4-5H2,1-3H3. The van der Waals surface area contributed by atoms with Gasteiger partial charge in [0.15, 0.2) is 11.5 Å². The second-order valence-corrected chi connectivity index (χ2v) is 3.29. The Morgan fingerprint density at radius 1 is 1.20 bits per heavy atom. The fourth-order valence-electron chi connectivity index (χ4n) is 1.63. The van der Waals surface area contributed by atoms with Gasteiger partial charge in [0.2, 0.25) is 5.78 Å². The van der Waals surface area contributed by atoms with Crippen LogP contribution in [0.1, 0.15) is 20.3 Å². The molecule has 4 heteroatoms. The Kier molecular flexibility index (Phi) is 3.42. The number of allylic oxidation sites excluding steroid dienone is 2. The molecule has 0 bridgehead atoms. The molecule has 0 fully saturated rings. The van der Waals surface area contributed by atoms with Gasteiger partial charge in [-0.1, -0.05) is 6.92 Å². The second kappa shape index (κ2) is 4.40. The van der Waals surface area contributed by atoms with Gasteiger partial charge < -0.3 is 9.84 Å². The molecule has 4 nitrogen and oxygen atoms in total. The van der Waals surface area contributed by atoms with Gasteiger partial charge in [0.25, 0.3) is 0 Å². The van der Waals surface area contributed by atoms with Crippen molar-refractivity contribution >= 4 is 11.6 Å². The molecule has 0 atom stereocenters. The SMILES string of the molecule is CCC1=C(OC)C(=O)C(C)=C(CO)C1=O. The highest BCUT2D eigenvalue weighted by molar-refractivity contribution is 6.24. The number of methoxy groups -OCH3 is 1. The van der Waals surface area contributed by atoms with Crippen LogP contribution in [0, 0.1) is 0 Å². The molecule has 0 aromatic heterocycles. The first-order valence-corrected chi connectivity index (χ1v) is 4.75. The summed E-state index contributed by atoms with van der Waals surface area (Å²) in [6.45, 7) is 2.89. The Morgan fingerprint density at radius 2 is 1.80 bits per heavy atom. The van der Waals surface area contributed by atoms with E-state index in [0.717, 1.165) is 0 Å². The van der Waals surface area contributed by atoms with Crippen molar-refractivity contribution in [3.8, 4) is 0 Å². The molecule has 0 saturated carbocycles. The summed E-state index contributed by atoms with van der Waals surface area (Å²) in [5.74, 6) is -0.482. The van der Waals surface area contributed by atoms with Crippen LogP contribution in [-0.2, 0) is 14.3 Å². The zero-order valence-corrected chi connectivity index (χ0v) is 9.09. The smallest absolute Gasteiger partial charge is 0.224 e. The molecular weight excluding hydrogens is 196 g/mol. The van der Waals surface area contributed by atoms with Crippen molar-refractivity contribution in [2.45, 2.75) is 20.3 Å². The number of Topliss-reactive ketones (excluding diaryl/α,β-unsaturated/α-hetero) is 2. The second-order valence-electron chi connectivity index (χ2n) is 3.29. The van der Waals surface area contributed by atoms with Gasteiger partial charge in [-0.25, -0.2) is 0 Å². The van der Waals surface area contributed by atoms with Gasteiger partial charge in [-0.2, -0.15) is 0 Å². The van der Waals surface area contributed by atoms with Crippen molar-refractivity contribution in [3.05, 3.63) is 22.5 Å². The Hall–Kier alpha value is -1.42. The van der Waals surface area contributed by atoms with E-state index in [9.17, 15) is 9.59 Å². The van der Waals surface area contributed by atoms with E-state index in [1.807, 2.05) is 0 Å². The monoisotopic (exact) mass is 210 g/mol. The van der Waals surface area contributed by atoms with Crippen LogP contribution in [0.2, 0.25) is 0 Å². The van der Waals surface area contributed by atoms with Crippen LogP contribution in [-0.4, -0.2) is 30.4 Å². The van der Waals surface area contributed by atoms with E-state index in [1.54, 1.807) is 6.92 Å². The predicted octanol–water partition coefficient (Wildman–Crippen LogP) is 0.757. The summed E-state index contributed by atoms with van der Waals surface area (Å²) in [6, 6.07) is 0. The lowest BCUT2D eigenvalue weighted by Gasteiger charge is -2.19. The predicted molar refractivity (Wildman–Crippen MR) is 54.1 cm³/mol. The van der Waals surface area contributed by atoms with E-state index in [1.165, 1.54) is 14.0 Å². The molecule has 1 aliphatic carbocycles. The van der Waals surface area contributed by atoms with Crippen LogP contribution in [0.5, 0.6) is 0 Å². The molecule has 1 N–H and O–H groups in total. The average Bonchev–Trinajstić information content (AvgIpc) is 2.23. The van der Waals surface area contributed by atoms with Crippen LogP contribution in [0.15, 0.2) is 22.5 Å². The number of aliphatic hydroxyl groups excluding tert-OH is 1. The number of carbonyl (C=O) groups is 2. The average molecular weight is 210 g/mol. The summed E-state index contributed by atoms with van der Waals surface area (Å²) in [6.07, 6.45) is 0.421. The molecule has 0 heterocycles. The quantitative estimate of drug-likeness (QED) is 0.698. The normalized spacial score (nSPS) is 17.6. The van der Waals surface area contributed by atoms with Gasteiger partial charge in [0.05, 0.1) is 13.7 Å². The minimum Gasteiger partial charge on any atom is -0.492 e. The maximum Gasteiger partial charge on any atom is 0.224 e. The van der Waals surface area contributed by atoms with Crippen molar-refractivity contribution < 1.29 is 19.4 Å². The highest BCUT2D eigenvalue weighted by atomic mass is 16.5. The van der Waals surface area contributed by atoms with Crippen molar-refractivity contribution in [3.63, 3.8) is 0 Å². The Bertz CT molecular complexity index is 374. The van der Waals surface area contributed by atoms with E-state index >= 15 is 0 Å². The Balaban J connectivity index is 3.31. The molecule has 0 aromatic rings. The molecule has 1 aliphatic rings. The number of hydrogen-bond donors (Lipinski definition) is 1. The van der Waals surface area contributed by atoms with E-state index in [4.69, 9.17) is 9.84 Å². The third-order valence-electron chi connectivity index (χ3n) is 2.54. The topological polar surface area (TPSA) is 63.6 Å². The largest absolute Gasteiger partial charge is 0.492 e. The summed E-state index contributed by atoms with van der Waals surface area (Å²) in [7, 11) is 1.37. The van der Waals surface area contributed by atoms with Gasteiger partial charge in [-0.05, 0) is 13.3 Å². The van der Waals surface area contributed by atoms with Crippen molar-refractivity contribution in [2.24, 2.45) is 0 Å². The first-order chi connectivity index (χ1) is 7.08. The number of rotatable bonds is 3. The third kappa shape index (κ3) is 1.72. The maximum absolute atomic E-state index is 11.8. The lowest BCUT2D eigenvalue weighted by Crippen LogP contribution is -2.25. The molecule has 0 radical (unpaired) electrons. The van der Waals surface area contributed by atoms with Crippen LogP contribution in [0.25, 0.3) is 0 Å². The van der Waals surface area contributed by atoms with E-state index in [0.29, 0.717) is 12.0 Å². The summed E-state index contributed by atoms with van der Waals surface area (Å²) >= 11 is 0. The number of aliphatic hydroxyl groups is 1.